The predicted molar refractivity (Wildman–Crippen MR) is 53.6 cm³/mol. The van der Waals surface area contributed by atoms with Gasteiger partial charge in [0.05, 0.1) is 0 Å². The molecule has 0 radical (unpaired) electrons. The average molecular weight is 174 g/mol. The molecular weight excluding hydrogens is 160 g/mol. The highest BCUT2D eigenvalue weighted by molar-refractivity contribution is 5.44. The zero-order valence-electron chi connectivity index (χ0n) is 7.88. The third-order valence-corrected chi connectivity index (χ3v) is 2.97. The van der Waals surface area contributed by atoms with Crippen LogP contribution in [-0.4, -0.2) is 5.11 Å². The summed E-state index contributed by atoms with van der Waals surface area (Å²) in [5, 5.41) is 10.2. The second-order valence-corrected chi connectivity index (χ2v) is 3.73. The first-order valence-electron chi connectivity index (χ1n) is 4.62. The van der Waals surface area contributed by atoms with Gasteiger partial charge in [0, 0.05) is 0 Å². The number of hydrogen-bond donors (Lipinski definition) is 1. The Bertz CT molecular complexity index is 354. The van der Waals surface area contributed by atoms with E-state index in [2.05, 4.69) is 19.6 Å². The first-order chi connectivity index (χ1) is 6.17. The highest BCUT2D eigenvalue weighted by atomic mass is 16.3. The van der Waals surface area contributed by atoms with Crippen molar-refractivity contribution in [1.29, 1.82) is 0 Å². The van der Waals surface area contributed by atoms with Crippen LogP contribution >= 0.6 is 0 Å². The summed E-state index contributed by atoms with van der Waals surface area (Å²) >= 11 is 0. The Morgan fingerprint density at radius 2 is 2.31 bits per heavy atom. The molecule has 68 valence electrons. The first-order valence-corrected chi connectivity index (χ1v) is 4.62. The minimum Gasteiger partial charge on any atom is -0.381 e. The Hall–Kier alpha value is -1.08. The van der Waals surface area contributed by atoms with Crippen LogP contribution < -0.4 is 0 Å². The van der Waals surface area contributed by atoms with Gasteiger partial charge >= 0.3 is 0 Å². The zero-order valence-corrected chi connectivity index (χ0v) is 7.88. The Morgan fingerprint density at radius 1 is 1.54 bits per heavy atom. The molecule has 1 nitrogen and oxygen atoms in total. The van der Waals surface area contributed by atoms with Gasteiger partial charge in [-0.1, -0.05) is 30.9 Å². The summed E-state index contributed by atoms with van der Waals surface area (Å²) in [6.07, 6.45) is 3.39. The van der Waals surface area contributed by atoms with Gasteiger partial charge in [0.25, 0.3) is 0 Å². The first kappa shape index (κ1) is 8.52. The lowest BCUT2D eigenvalue weighted by Crippen LogP contribution is -2.17. The van der Waals surface area contributed by atoms with E-state index in [0.29, 0.717) is 0 Å². The molecule has 1 unspecified atom stereocenters. The summed E-state index contributed by atoms with van der Waals surface area (Å²) in [5.41, 5.74) is 2.84. The lowest BCUT2D eigenvalue weighted by atomic mass is 9.95. The maximum atomic E-state index is 10.2. The second kappa shape index (κ2) is 2.71. The summed E-state index contributed by atoms with van der Waals surface area (Å²) in [6.45, 7) is 5.78. The van der Waals surface area contributed by atoms with E-state index in [0.717, 1.165) is 18.4 Å². The van der Waals surface area contributed by atoms with E-state index in [9.17, 15) is 5.11 Å². The minimum absolute atomic E-state index is 0.774. The Kier molecular flexibility index (Phi) is 1.77. The van der Waals surface area contributed by atoms with Crippen molar-refractivity contribution in [3.63, 3.8) is 0 Å². The Morgan fingerprint density at radius 3 is 3.00 bits per heavy atom. The molecule has 0 saturated carbocycles. The van der Waals surface area contributed by atoms with Crippen LogP contribution in [0, 0.1) is 6.92 Å². The van der Waals surface area contributed by atoms with Gasteiger partial charge in [0.2, 0.25) is 0 Å². The van der Waals surface area contributed by atoms with Crippen molar-refractivity contribution in [1.82, 2.24) is 0 Å². The third kappa shape index (κ3) is 1.11. The Labute approximate surface area is 78.7 Å². The summed E-state index contributed by atoms with van der Waals surface area (Å²) in [6, 6.07) is 6.08. The van der Waals surface area contributed by atoms with Gasteiger partial charge < -0.3 is 5.11 Å². The lowest BCUT2D eigenvalue weighted by Gasteiger charge is -2.18. The van der Waals surface area contributed by atoms with E-state index in [4.69, 9.17) is 0 Å². The molecule has 0 bridgehead atoms. The summed E-state index contributed by atoms with van der Waals surface area (Å²) < 4.78 is 0. The molecule has 1 atom stereocenters. The van der Waals surface area contributed by atoms with Gasteiger partial charge in [0.15, 0.2) is 0 Å². The molecule has 0 amide bonds. The van der Waals surface area contributed by atoms with E-state index < -0.39 is 5.60 Å². The molecule has 0 spiro atoms. The molecule has 0 fully saturated rings. The molecule has 1 N–H and O–H groups in total. The molecule has 0 aliphatic heterocycles. The fourth-order valence-electron chi connectivity index (χ4n) is 2.10. The zero-order chi connectivity index (χ0) is 9.47. The van der Waals surface area contributed by atoms with E-state index in [1.807, 2.05) is 12.1 Å². The van der Waals surface area contributed by atoms with Crippen molar-refractivity contribution in [2.45, 2.75) is 25.4 Å². The average Bonchev–Trinajstić information content (AvgIpc) is 2.47. The van der Waals surface area contributed by atoms with E-state index in [1.54, 1.807) is 6.08 Å². The van der Waals surface area contributed by atoms with Crippen LogP contribution in [0.3, 0.4) is 0 Å². The number of benzene rings is 1. The van der Waals surface area contributed by atoms with Crippen molar-refractivity contribution in [3.8, 4) is 0 Å². The lowest BCUT2D eigenvalue weighted by molar-refractivity contribution is 0.0920. The quantitative estimate of drug-likeness (QED) is 0.648. The predicted octanol–water partition coefficient (Wildman–Crippen LogP) is 2.31. The van der Waals surface area contributed by atoms with Crippen LogP contribution in [0.25, 0.3) is 0 Å². The number of hydrogen-bond acceptors (Lipinski definition) is 1. The van der Waals surface area contributed by atoms with Crippen LogP contribution in [0.15, 0.2) is 30.9 Å². The van der Waals surface area contributed by atoms with Gasteiger partial charge in [-0.05, 0) is 36.5 Å². The molecule has 1 heteroatoms. The van der Waals surface area contributed by atoms with E-state index in [1.165, 1.54) is 11.1 Å². The highest BCUT2D eigenvalue weighted by Gasteiger charge is 2.33. The molecule has 1 aliphatic carbocycles. The minimum atomic E-state index is -0.776. The molecule has 1 aromatic carbocycles. The van der Waals surface area contributed by atoms with Gasteiger partial charge in [-0.3, -0.25) is 0 Å². The smallest absolute Gasteiger partial charge is 0.108 e. The molecule has 1 aliphatic rings. The van der Waals surface area contributed by atoms with Gasteiger partial charge in [-0.15, -0.1) is 0 Å². The van der Waals surface area contributed by atoms with Crippen molar-refractivity contribution in [2.75, 3.05) is 0 Å². The van der Waals surface area contributed by atoms with Crippen molar-refractivity contribution >= 4 is 0 Å². The van der Waals surface area contributed by atoms with Crippen LogP contribution in [-0.2, 0) is 12.0 Å². The van der Waals surface area contributed by atoms with Gasteiger partial charge in [0.1, 0.15) is 5.60 Å². The number of rotatable bonds is 1. The molecule has 0 aromatic heterocycles. The SMILES string of the molecule is C=CC1(O)CCc2c(C)cccc21. The molecule has 2 rings (SSSR count). The second-order valence-electron chi connectivity index (χ2n) is 3.73. The topological polar surface area (TPSA) is 20.2 Å². The largest absolute Gasteiger partial charge is 0.381 e. The van der Waals surface area contributed by atoms with Crippen molar-refractivity contribution in [3.05, 3.63) is 47.5 Å². The number of fused-ring (bicyclic) bond motifs is 1. The molecule has 1 aromatic rings. The number of aryl methyl sites for hydroxylation is 1. The maximum Gasteiger partial charge on any atom is 0.108 e. The monoisotopic (exact) mass is 174 g/mol. The van der Waals surface area contributed by atoms with Crippen LogP contribution in [0.4, 0.5) is 0 Å². The maximum absolute atomic E-state index is 10.2. The van der Waals surface area contributed by atoms with Crippen LogP contribution in [0.1, 0.15) is 23.1 Å². The van der Waals surface area contributed by atoms with E-state index in [-0.39, 0.29) is 0 Å². The summed E-state index contributed by atoms with van der Waals surface area (Å²) in [4.78, 5) is 0. The summed E-state index contributed by atoms with van der Waals surface area (Å²) in [5.74, 6) is 0. The fraction of sp³-hybridized carbons (Fsp3) is 0.333. The number of aliphatic hydroxyl groups is 1. The Balaban J connectivity index is 2.61. The van der Waals surface area contributed by atoms with Crippen molar-refractivity contribution < 1.29 is 5.11 Å². The standard InChI is InChI=1S/C12H14O/c1-3-12(13)8-7-10-9(2)5-4-6-11(10)12/h3-6,13H,1,7-8H2,2H3. The van der Waals surface area contributed by atoms with Crippen LogP contribution in [0.5, 0.6) is 0 Å². The van der Waals surface area contributed by atoms with Gasteiger partial charge in [-0.25, -0.2) is 0 Å². The molecule has 0 heterocycles. The third-order valence-electron chi connectivity index (χ3n) is 2.97. The molecular formula is C12H14O. The normalized spacial score (nSPS) is 25.7. The van der Waals surface area contributed by atoms with Crippen molar-refractivity contribution in [2.24, 2.45) is 0 Å². The van der Waals surface area contributed by atoms with Gasteiger partial charge in [-0.2, -0.15) is 0 Å². The highest BCUT2D eigenvalue weighted by Crippen LogP contribution is 2.38. The van der Waals surface area contributed by atoms with Crippen LogP contribution in [0.2, 0.25) is 0 Å². The molecule has 13 heavy (non-hydrogen) atoms. The molecule has 0 saturated heterocycles. The summed E-state index contributed by atoms with van der Waals surface area (Å²) in [7, 11) is 0. The van der Waals surface area contributed by atoms with E-state index >= 15 is 0 Å². The fourth-order valence-corrected chi connectivity index (χ4v) is 2.10.